The first-order valence-corrected chi connectivity index (χ1v) is 6.45. The Labute approximate surface area is 103 Å². The Morgan fingerprint density at radius 3 is 2.94 bits per heavy atom. The molecule has 0 radical (unpaired) electrons. The summed E-state index contributed by atoms with van der Waals surface area (Å²) in [5, 5.41) is 0. The van der Waals surface area contributed by atoms with Gasteiger partial charge < -0.3 is 4.74 Å². The number of rotatable bonds is 7. The van der Waals surface area contributed by atoms with Crippen molar-refractivity contribution in [1.29, 1.82) is 0 Å². The molecule has 1 heterocycles. The second-order valence-electron chi connectivity index (χ2n) is 4.45. The van der Waals surface area contributed by atoms with Crippen LogP contribution in [0.15, 0.2) is 30.3 Å². The summed E-state index contributed by atoms with van der Waals surface area (Å²) in [6, 6.07) is 10.2. The Bertz CT molecular complexity index is 296. The van der Waals surface area contributed by atoms with Crippen molar-refractivity contribution in [3.63, 3.8) is 0 Å². The van der Waals surface area contributed by atoms with Crippen molar-refractivity contribution in [3.05, 3.63) is 35.9 Å². The molecule has 0 spiro atoms. The number of hydrogen-bond acceptors (Lipinski definition) is 3. The topological polar surface area (TPSA) is 30.5 Å². The highest BCUT2D eigenvalue weighted by Crippen LogP contribution is 2.16. The second-order valence-corrected chi connectivity index (χ2v) is 4.45. The van der Waals surface area contributed by atoms with Crippen LogP contribution in [0.3, 0.4) is 0 Å². The highest BCUT2D eigenvalue weighted by molar-refractivity contribution is 5.13. The highest BCUT2D eigenvalue weighted by Gasteiger charge is 2.14. The highest BCUT2D eigenvalue weighted by atomic mass is 16.6. The van der Waals surface area contributed by atoms with Crippen LogP contribution >= 0.6 is 0 Å². The molecule has 94 valence electrons. The normalized spacial score (nSPS) is 19.6. The first kappa shape index (κ1) is 12.6. The molecule has 1 fully saturated rings. The van der Waals surface area contributed by atoms with E-state index < -0.39 is 0 Å². The van der Waals surface area contributed by atoms with Crippen molar-refractivity contribution in [2.24, 2.45) is 0 Å². The molecule has 1 aliphatic heterocycles. The molecular weight excluding hydrogens is 214 g/mol. The number of hydroxylamine groups is 1. The molecule has 17 heavy (non-hydrogen) atoms. The molecule has 1 saturated heterocycles. The molecule has 1 aromatic carbocycles. The van der Waals surface area contributed by atoms with Crippen LogP contribution in [-0.2, 0) is 16.2 Å². The predicted molar refractivity (Wildman–Crippen MR) is 67.4 cm³/mol. The van der Waals surface area contributed by atoms with Crippen LogP contribution < -0.4 is 5.48 Å². The van der Waals surface area contributed by atoms with Gasteiger partial charge in [-0.2, -0.15) is 0 Å². The van der Waals surface area contributed by atoms with Gasteiger partial charge in [0.15, 0.2) is 0 Å². The molecule has 1 unspecified atom stereocenters. The zero-order valence-corrected chi connectivity index (χ0v) is 10.2. The summed E-state index contributed by atoms with van der Waals surface area (Å²) in [4.78, 5) is 5.39. The third-order valence-corrected chi connectivity index (χ3v) is 3.01. The number of nitrogens with one attached hydrogen (secondary N) is 1. The standard InChI is InChI=1S/C14H21NO2/c1-2-6-13(7-3-1)12-17-15-10-4-8-14-9-5-11-16-14/h1-3,6-7,14-15H,4-5,8-12H2. The molecule has 3 heteroatoms. The van der Waals surface area contributed by atoms with Crippen LogP contribution in [0.1, 0.15) is 31.2 Å². The molecule has 2 rings (SSSR count). The van der Waals surface area contributed by atoms with Crippen LogP contribution in [0, 0.1) is 0 Å². The van der Waals surface area contributed by atoms with E-state index >= 15 is 0 Å². The lowest BCUT2D eigenvalue weighted by Gasteiger charge is -2.09. The van der Waals surface area contributed by atoms with Gasteiger partial charge in [0.25, 0.3) is 0 Å². The molecule has 0 aromatic heterocycles. The Balaban J connectivity index is 1.46. The smallest absolute Gasteiger partial charge is 0.0933 e. The predicted octanol–water partition coefficient (Wildman–Crippen LogP) is 2.67. The number of ether oxygens (including phenoxy) is 1. The van der Waals surface area contributed by atoms with Gasteiger partial charge in [-0.05, 0) is 31.2 Å². The van der Waals surface area contributed by atoms with Crippen molar-refractivity contribution >= 4 is 0 Å². The minimum absolute atomic E-state index is 0.492. The third kappa shape index (κ3) is 4.86. The average molecular weight is 235 g/mol. The second kappa shape index (κ2) is 7.43. The van der Waals surface area contributed by atoms with Crippen LogP contribution in [0.4, 0.5) is 0 Å². The molecule has 1 aromatic rings. The fourth-order valence-corrected chi connectivity index (χ4v) is 2.05. The molecule has 1 N–H and O–H groups in total. The van der Waals surface area contributed by atoms with Crippen molar-refractivity contribution in [2.75, 3.05) is 13.2 Å². The molecule has 0 saturated carbocycles. The van der Waals surface area contributed by atoms with Crippen molar-refractivity contribution in [3.8, 4) is 0 Å². The fourth-order valence-electron chi connectivity index (χ4n) is 2.05. The van der Waals surface area contributed by atoms with Crippen molar-refractivity contribution in [1.82, 2.24) is 5.48 Å². The van der Waals surface area contributed by atoms with E-state index in [1.54, 1.807) is 0 Å². The maximum Gasteiger partial charge on any atom is 0.0933 e. The van der Waals surface area contributed by atoms with Crippen LogP contribution in [0.25, 0.3) is 0 Å². The quantitative estimate of drug-likeness (QED) is 0.582. The van der Waals surface area contributed by atoms with Gasteiger partial charge in [-0.1, -0.05) is 30.3 Å². The van der Waals surface area contributed by atoms with E-state index in [-0.39, 0.29) is 0 Å². The van der Waals surface area contributed by atoms with Gasteiger partial charge in [0.05, 0.1) is 12.7 Å². The lowest BCUT2D eigenvalue weighted by molar-refractivity contribution is 0.0240. The zero-order valence-electron chi connectivity index (χ0n) is 10.2. The van der Waals surface area contributed by atoms with E-state index in [0.29, 0.717) is 12.7 Å². The van der Waals surface area contributed by atoms with Crippen LogP contribution in [0.2, 0.25) is 0 Å². The fraction of sp³-hybridized carbons (Fsp3) is 0.571. The third-order valence-electron chi connectivity index (χ3n) is 3.01. The van der Waals surface area contributed by atoms with Crippen LogP contribution in [-0.4, -0.2) is 19.3 Å². The Morgan fingerprint density at radius 2 is 2.18 bits per heavy atom. The molecule has 1 atom stereocenters. The van der Waals surface area contributed by atoms with E-state index in [1.165, 1.54) is 18.4 Å². The number of benzene rings is 1. The molecule has 1 aliphatic rings. The van der Waals surface area contributed by atoms with Gasteiger partial charge in [0.1, 0.15) is 0 Å². The van der Waals surface area contributed by atoms with E-state index in [2.05, 4.69) is 17.6 Å². The summed E-state index contributed by atoms with van der Waals surface area (Å²) >= 11 is 0. The molecular formula is C14H21NO2. The average Bonchev–Trinajstić information content (AvgIpc) is 2.88. The Kier molecular flexibility index (Phi) is 5.49. The van der Waals surface area contributed by atoms with E-state index in [4.69, 9.17) is 9.57 Å². The van der Waals surface area contributed by atoms with Gasteiger partial charge >= 0.3 is 0 Å². The number of hydrogen-bond donors (Lipinski definition) is 1. The van der Waals surface area contributed by atoms with Crippen molar-refractivity contribution in [2.45, 2.75) is 38.4 Å². The lowest BCUT2D eigenvalue weighted by Crippen LogP contribution is -2.17. The molecule has 0 bridgehead atoms. The Morgan fingerprint density at radius 1 is 1.29 bits per heavy atom. The largest absolute Gasteiger partial charge is 0.378 e. The SMILES string of the molecule is c1ccc(CONCCCC2CCCO2)cc1. The first-order valence-electron chi connectivity index (χ1n) is 6.45. The van der Waals surface area contributed by atoms with E-state index in [9.17, 15) is 0 Å². The van der Waals surface area contributed by atoms with Crippen LogP contribution in [0.5, 0.6) is 0 Å². The first-order chi connectivity index (χ1) is 8.45. The lowest BCUT2D eigenvalue weighted by atomic mass is 10.1. The summed E-state index contributed by atoms with van der Waals surface area (Å²) in [7, 11) is 0. The summed E-state index contributed by atoms with van der Waals surface area (Å²) in [5.74, 6) is 0. The zero-order chi connectivity index (χ0) is 11.8. The minimum atomic E-state index is 0.492. The maximum absolute atomic E-state index is 5.56. The van der Waals surface area contributed by atoms with E-state index in [0.717, 1.165) is 26.0 Å². The van der Waals surface area contributed by atoms with Gasteiger partial charge in [-0.25, -0.2) is 5.48 Å². The Hall–Kier alpha value is -0.900. The summed E-state index contributed by atoms with van der Waals surface area (Å²) < 4.78 is 5.56. The molecule has 0 amide bonds. The summed E-state index contributed by atoms with van der Waals surface area (Å²) in [6.45, 7) is 2.47. The van der Waals surface area contributed by atoms with E-state index in [1.807, 2.05) is 18.2 Å². The monoisotopic (exact) mass is 235 g/mol. The molecule has 3 nitrogen and oxygen atoms in total. The van der Waals surface area contributed by atoms with Gasteiger partial charge in [-0.3, -0.25) is 4.84 Å². The maximum atomic E-state index is 5.56. The summed E-state index contributed by atoms with van der Waals surface area (Å²) in [5.41, 5.74) is 4.20. The minimum Gasteiger partial charge on any atom is -0.378 e. The van der Waals surface area contributed by atoms with Gasteiger partial charge in [-0.15, -0.1) is 0 Å². The van der Waals surface area contributed by atoms with Gasteiger partial charge in [0, 0.05) is 13.2 Å². The van der Waals surface area contributed by atoms with Crippen molar-refractivity contribution < 1.29 is 9.57 Å². The molecule has 0 aliphatic carbocycles. The summed E-state index contributed by atoms with van der Waals surface area (Å²) in [6.07, 6.45) is 5.19. The van der Waals surface area contributed by atoms with Gasteiger partial charge in [0.2, 0.25) is 0 Å².